The van der Waals surface area contributed by atoms with Gasteiger partial charge in [0.15, 0.2) is 0 Å². The van der Waals surface area contributed by atoms with Crippen LogP contribution in [0.2, 0.25) is 0 Å². The van der Waals surface area contributed by atoms with Crippen LogP contribution in [0.3, 0.4) is 0 Å². The Balaban J connectivity index is 3.49. The molecule has 0 rings (SSSR count). The van der Waals surface area contributed by atoms with Crippen LogP contribution >= 0.6 is 0 Å². The third kappa shape index (κ3) is 11.8. The number of carbonyl (C=O) groups is 2. The number of carbonyl (C=O) groups excluding carboxylic acids is 2. The third-order valence-electron chi connectivity index (χ3n) is 1.96. The lowest BCUT2D eigenvalue weighted by Crippen LogP contribution is -2.26. The molecule has 0 saturated heterocycles. The molecule has 0 radical (unpaired) electrons. The van der Waals surface area contributed by atoms with Crippen LogP contribution in [0, 0.1) is 0 Å². The molecule has 8 nitrogen and oxygen atoms in total. The van der Waals surface area contributed by atoms with Gasteiger partial charge in [0.1, 0.15) is 32.2 Å². The van der Waals surface area contributed by atoms with Gasteiger partial charge in [-0.15, -0.1) is 0 Å². The number of aliphatic hydroxyl groups is 2. The van der Waals surface area contributed by atoms with Crippen LogP contribution in [-0.2, 0) is 28.5 Å². The number of rotatable bonds is 12. The summed E-state index contributed by atoms with van der Waals surface area (Å²) in [6.07, 6.45) is -0.0129. The molecule has 2 atom stereocenters. The quantitative estimate of drug-likeness (QED) is 0.208. The summed E-state index contributed by atoms with van der Waals surface area (Å²) in [4.78, 5) is 21.4. The van der Waals surface area contributed by atoms with Gasteiger partial charge in [-0.25, -0.2) is 9.59 Å². The van der Waals surface area contributed by atoms with Gasteiger partial charge in [-0.05, 0) is 0 Å². The molecule has 0 heterocycles. The highest BCUT2D eigenvalue weighted by atomic mass is 16.7. The summed E-state index contributed by atoms with van der Waals surface area (Å²) >= 11 is 0. The van der Waals surface area contributed by atoms with E-state index in [1.165, 1.54) is 0 Å². The van der Waals surface area contributed by atoms with Crippen molar-refractivity contribution in [3.05, 3.63) is 25.3 Å². The van der Waals surface area contributed by atoms with Gasteiger partial charge < -0.3 is 29.2 Å². The van der Waals surface area contributed by atoms with Crippen LogP contribution in [0.15, 0.2) is 25.3 Å². The Bertz CT molecular complexity index is 309. The van der Waals surface area contributed by atoms with Crippen molar-refractivity contribution >= 4 is 11.9 Å². The topological polar surface area (TPSA) is 112 Å². The van der Waals surface area contributed by atoms with Crippen LogP contribution in [0.4, 0.5) is 0 Å². The van der Waals surface area contributed by atoms with Crippen molar-refractivity contribution in [2.45, 2.75) is 12.2 Å². The smallest absolute Gasteiger partial charge is 0.330 e. The average Bonchev–Trinajstić information content (AvgIpc) is 2.49. The van der Waals surface area contributed by atoms with Gasteiger partial charge in [0.25, 0.3) is 0 Å². The molecule has 120 valence electrons. The fraction of sp³-hybridized carbons (Fsp3) is 0.538. The molecule has 0 fully saturated rings. The monoisotopic (exact) mass is 304 g/mol. The Labute approximate surface area is 122 Å². The molecule has 0 aromatic carbocycles. The average molecular weight is 304 g/mol. The molecule has 0 spiro atoms. The van der Waals surface area contributed by atoms with Crippen molar-refractivity contribution in [3.8, 4) is 0 Å². The third-order valence-corrected chi connectivity index (χ3v) is 1.96. The summed E-state index contributed by atoms with van der Waals surface area (Å²) in [6.45, 7) is 5.58. The van der Waals surface area contributed by atoms with E-state index in [1.54, 1.807) is 0 Å². The molecule has 8 heteroatoms. The zero-order valence-corrected chi connectivity index (χ0v) is 11.6. The molecule has 0 bridgehead atoms. The first-order valence-corrected chi connectivity index (χ1v) is 6.09. The second kappa shape index (κ2) is 12.0. The fourth-order valence-corrected chi connectivity index (χ4v) is 0.998. The summed E-state index contributed by atoms with van der Waals surface area (Å²) in [5, 5.41) is 18.7. The van der Waals surface area contributed by atoms with Crippen molar-refractivity contribution < 1.29 is 38.7 Å². The van der Waals surface area contributed by atoms with E-state index in [9.17, 15) is 19.8 Å². The molecule has 21 heavy (non-hydrogen) atoms. The van der Waals surface area contributed by atoms with Crippen LogP contribution in [0.1, 0.15) is 0 Å². The van der Waals surface area contributed by atoms with E-state index in [2.05, 4.69) is 22.6 Å². The molecular weight excluding hydrogens is 284 g/mol. The van der Waals surface area contributed by atoms with Crippen LogP contribution in [0.5, 0.6) is 0 Å². The second-order valence-corrected chi connectivity index (χ2v) is 3.84. The molecule has 0 aliphatic rings. The SMILES string of the molecule is C=CC(=O)OCC(O)COCOCC(O)COC(=O)C=C. The van der Waals surface area contributed by atoms with Gasteiger partial charge >= 0.3 is 11.9 Å². The fourth-order valence-electron chi connectivity index (χ4n) is 0.998. The minimum Gasteiger partial charge on any atom is -0.460 e. The maximum atomic E-state index is 10.7. The molecule has 0 aromatic rings. The van der Waals surface area contributed by atoms with Gasteiger partial charge in [0.2, 0.25) is 0 Å². The van der Waals surface area contributed by atoms with Crippen molar-refractivity contribution in [2.75, 3.05) is 33.2 Å². The number of esters is 2. The number of hydrogen-bond donors (Lipinski definition) is 2. The first-order valence-electron chi connectivity index (χ1n) is 6.09. The van der Waals surface area contributed by atoms with Crippen LogP contribution in [0.25, 0.3) is 0 Å². The van der Waals surface area contributed by atoms with Gasteiger partial charge in [-0.2, -0.15) is 0 Å². The summed E-state index contributed by atoms with van der Waals surface area (Å²) in [6, 6.07) is 0. The Morgan fingerprint density at radius 2 is 1.24 bits per heavy atom. The van der Waals surface area contributed by atoms with E-state index in [1.807, 2.05) is 0 Å². The highest BCUT2D eigenvalue weighted by molar-refractivity contribution is 5.81. The van der Waals surface area contributed by atoms with Gasteiger partial charge in [-0.3, -0.25) is 0 Å². The molecular formula is C13H20O8. The molecule has 2 unspecified atom stereocenters. The van der Waals surface area contributed by atoms with E-state index in [-0.39, 0.29) is 33.2 Å². The van der Waals surface area contributed by atoms with Crippen molar-refractivity contribution in [1.82, 2.24) is 0 Å². The molecule has 0 saturated carbocycles. The maximum Gasteiger partial charge on any atom is 0.330 e. The Morgan fingerprint density at radius 1 is 0.857 bits per heavy atom. The molecule has 0 aliphatic heterocycles. The predicted octanol–water partition coefficient (Wildman–Crippen LogP) is -0.843. The van der Waals surface area contributed by atoms with Gasteiger partial charge in [0, 0.05) is 12.2 Å². The normalized spacial score (nSPS) is 13.0. The summed E-state index contributed by atoms with van der Waals surface area (Å²) in [7, 11) is 0. The lowest BCUT2D eigenvalue weighted by atomic mass is 10.4. The molecule has 0 aromatic heterocycles. The first kappa shape index (κ1) is 19.3. The van der Waals surface area contributed by atoms with Crippen molar-refractivity contribution in [1.29, 1.82) is 0 Å². The number of ether oxygens (including phenoxy) is 4. The van der Waals surface area contributed by atoms with E-state index in [0.717, 1.165) is 12.2 Å². The summed E-state index contributed by atoms with van der Waals surface area (Å²) < 4.78 is 19.0. The first-order chi connectivity index (χ1) is 9.99. The highest BCUT2D eigenvalue weighted by Crippen LogP contribution is 1.92. The van der Waals surface area contributed by atoms with E-state index < -0.39 is 24.1 Å². The van der Waals surface area contributed by atoms with Crippen LogP contribution < -0.4 is 0 Å². The number of aliphatic hydroxyl groups excluding tert-OH is 2. The Morgan fingerprint density at radius 3 is 1.57 bits per heavy atom. The molecule has 2 N–H and O–H groups in total. The van der Waals surface area contributed by atoms with E-state index in [0.29, 0.717) is 0 Å². The minimum absolute atomic E-state index is 0.105. The van der Waals surface area contributed by atoms with Crippen LogP contribution in [-0.4, -0.2) is 67.6 Å². The Kier molecular flexibility index (Phi) is 11.0. The highest BCUT2D eigenvalue weighted by Gasteiger charge is 2.09. The minimum atomic E-state index is -0.990. The summed E-state index contributed by atoms with van der Waals surface area (Å²) in [5.74, 6) is -1.27. The summed E-state index contributed by atoms with van der Waals surface area (Å²) in [5.41, 5.74) is 0. The lowest BCUT2D eigenvalue weighted by molar-refractivity contribution is -0.146. The van der Waals surface area contributed by atoms with Crippen molar-refractivity contribution in [3.63, 3.8) is 0 Å². The lowest BCUT2D eigenvalue weighted by Gasteiger charge is -2.13. The molecule has 0 amide bonds. The largest absolute Gasteiger partial charge is 0.460 e. The van der Waals surface area contributed by atoms with Crippen molar-refractivity contribution in [2.24, 2.45) is 0 Å². The number of hydrogen-bond acceptors (Lipinski definition) is 8. The van der Waals surface area contributed by atoms with Gasteiger partial charge in [-0.1, -0.05) is 13.2 Å². The second-order valence-electron chi connectivity index (χ2n) is 3.84. The zero-order chi connectivity index (χ0) is 16.1. The van der Waals surface area contributed by atoms with E-state index >= 15 is 0 Å². The standard InChI is InChI=1S/C13H20O8/c1-3-12(16)20-7-10(14)5-18-9-19-6-11(15)8-21-13(17)4-2/h3-4,10-11,14-15H,1-2,5-9H2. The Hall–Kier alpha value is -1.74. The van der Waals surface area contributed by atoms with E-state index in [4.69, 9.17) is 9.47 Å². The maximum absolute atomic E-state index is 10.7. The molecule has 0 aliphatic carbocycles. The van der Waals surface area contributed by atoms with Gasteiger partial charge in [0.05, 0.1) is 13.2 Å². The predicted molar refractivity (Wildman–Crippen MR) is 71.1 cm³/mol. The zero-order valence-electron chi connectivity index (χ0n) is 11.6.